The molecule has 140 valence electrons. The lowest BCUT2D eigenvalue weighted by Crippen LogP contribution is -2.27. The summed E-state index contributed by atoms with van der Waals surface area (Å²) in [4.78, 5) is 30.4. The van der Waals surface area contributed by atoms with Crippen LogP contribution < -0.4 is 10.9 Å². The highest BCUT2D eigenvalue weighted by molar-refractivity contribution is 7.17. The lowest BCUT2D eigenvalue weighted by molar-refractivity contribution is -0.116. The van der Waals surface area contributed by atoms with Crippen LogP contribution in [0, 0.1) is 6.92 Å². The van der Waals surface area contributed by atoms with Crippen molar-refractivity contribution in [3.8, 4) is 11.1 Å². The zero-order valence-corrected chi connectivity index (χ0v) is 16.6. The SMILES string of the molecule is Cc1ccc(-c2csc3ncn(CC(=O)Nc4ccc(Cl)cc4)c(=O)c23)cc1. The van der Waals surface area contributed by atoms with Gasteiger partial charge in [0, 0.05) is 21.7 Å². The summed E-state index contributed by atoms with van der Waals surface area (Å²) in [6, 6.07) is 14.8. The van der Waals surface area contributed by atoms with Gasteiger partial charge in [0.05, 0.1) is 11.7 Å². The Morgan fingerprint density at radius 2 is 1.86 bits per heavy atom. The van der Waals surface area contributed by atoms with Crippen molar-refractivity contribution in [3.63, 3.8) is 0 Å². The number of carbonyl (C=O) groups is 1. The summed E-state index contributed by atoms with van der Waals surface area (Å²) in [6.07, 6.45) is 1.42. The highest BCUT2D eigenvalue weighted by atomic mass is 35.5. The second-order valence-corrected chi connectivity index (χ2v) is 7.72. The Morgan fingerprint density at radius 1 is 1.14 bits per heavy atom. The second kappa shape index (κ2) is 7.58. The molecule has 0 radical (unpaired) electrons. The fraction of sp³-hybridized carbons (Fsp3) is 0.0952. The first kappa shape index (κ1) is 18.4. The molecule has 2 aromatic carbocycles. The number of amides is 1. The first-order valence-corrected chi connectivity index (χ1v) is 9.86. The van der Waals surface area contributed by atoms with Gasteiger partial charge >= 0.3 is 0 Å². The van der Waals surface area contributed by atoms with E-state index in [9.17, 15) is 9.59 Å². The normalized spacial score (nSPS) is 10.9. The zero-order valence-electron chi connectivity index (χ0n) is 15.0. The maximum absolute atomic E-state index is 13.0. The quantitative estimate of drug-likeness (QED) is 0.530. The average Bonchev–Trinajstić information content (AvgIpc) is 3.11. The third-order valence-electron chi connectivity index (χ3n) is 4.37. The summed E-state index contributed by atoms with van der Waals surface area (Å²) < 4.78 is 1.33. The van der Waals surface area contributed by atoms with Crippen molar-refractivity contribution >= 4 is 44.7 Å². The maximum Gasteiger partial charge on any atom is 0.263 e. The summed E-state index contributed by atoms with van der Waals surface area (Å²) in [5.74, 6) is -0.308. The molecular formula is C21H16ClN3O2S. The molecule has 1 amide bonds. The van der Waals surface area contributed by atoms with E-state index in [0.717, 1.165) is 16.7 Å². The van der Waals surface area contributed by atoms with Crippen molar-refractivity contribution in [2.45, 2.75) is 13.5 Å². The largest absolute Gasteiger partial charge is 0.325 e. The van der Waals surface area contributed by atoms with Crippen LogP contribution in [0.1, 0.15) is 5.56 Å². The predicted octanol–water partition coefficient (Wildman–Crippen LogP) is 4.73. The van der Waals surface area contributed by atoms with E-state index in [1.165, 1.54) is 22.2 Å². The van der Waals surface area contributed by atoms with Crippen LogP contribution in [0.25, 0.3) is 21.3 Å². The number of aromatic nitrogens is 2. The van der Waals surface area contributed by atoms with E-state index in [0.29, 0.717) is 20.9 Å². The molecule has 0 aliphatic rings. The van der Waals surface area contributed by atoms with Crippen LogP contribution in [0.15, 0.2) is 65.0 Å². The standard InChI is InChI=1S/C21H16ClN3O2S/c1-13-2-4-14(5-3-13)17-11-28-20-19(17)21(27)25(12-23-20)10-18(26)24-16-8-6-15(22)7-9-16/h2-9,11-12H,10H2,1H3,(H,24,26). The summed E-state index contributed by atoms with van der Waals surface area (Å²) in [5.41, 5.74) is 3.34. The van der Waals surface area contributed by atoms with E-state index >= 15 is 0 Å². The van der Waals surface area contributed by atoms with Crippen LogP contribution >= 0.6 is 22.9 Å². The third kappa shape index (κ3) is 3.69. The molecule has 0 saturated carbocycles. The summed E-state index contributed by atoms with van der Waals surface area (Å²) in [6.45, 7) is 1.90. The van der Waals surface area contributed by atoms with Crippen LogP contribution in [0.2, 0.25) is 5.02 Å². The first-order valence-electron chi connectivity index (χ1n) is 8.60. The van der Waals surface area contributed by atoms with Crippen molar-refractivity contribution in [1.29, 1.82) is 0 Å². The minimum Gasteiger partial charge on any atom is -0.325 e. The first-order chi connectivity index (χ1) is 13.5. The van der Waals surface area contributed by atoms with Crippen molar-refractivity contribution in [2.24, 2.45) is 0 Å². The number of hydrogen-bond acceptors (Lipinski definition) is 4. The van der Waals surface area contributed by atoms with Crippen molar-refractivity contribution in [1.82, 2.24) is 9.55 Å². The van der Waals surface area contributed by atoms with Gasteiger partial charge in [-0.1, -0.05) is 41.4 Å². The number of aryl methyl sites for hydroxylation is 1. The molecule has 0 unspecified atom stereocenters. The smallest absolute Gasteiger partial charge is 0.263 e. The molecule has 0 saturated heterocycles. The molecule has 0 aliphatic carbocycles. The Kier molecular flexibility index (Phi) is 4.98. The Morgan fingerprint density at radius 3 is 2.57 bits per heavy atom. The van der Waals surface area contributed by atoms with Crippen LogP contribution in [-0.4, -0.2) is 15.5 Å². The lowest BCUT2D eigenvalue weighted by Gasteiger charge is -2.08. The van der Waals surface area contributed by atoms with Gasteiger partial charge in [-0.25, -0.2) is 4.98 Å². The number of fused-ring (bicyclic) bond motifs is 1. The Bertz CT molecular complexity index is 1210. The van der Waals surface area contributed by atoms with Crippen molar-refractivity contribution in [2.75, 3.05) is 5.32 Å². The molecule has 28 heavy (non-hydrogen) atoms. The molecule has 1 N–H and O–H groups in total. The third-order valence-corrected chi connectivity index (χ3v) is 5.50. The summed E-state index contributed by atoms with van der Waals surface area (Å²) in [7, 11) is 0. The Labute approximate surface area is 170 Å². The maximum atomic E-state index is 13.0. The fourth-order valence-electron chi connectivity index (χ4n) is 2.91. The average molecular weight is 410 g/mol. The van der Waals surface area contributed by atoms with Crippen molar-refractivity contribution in [3.05, 3.63) is 81.2 Å². The molecule has 7 heteroatoms. The molecular weight excluding hydrogens is 394 g/mol. The second-order valence-electron chi connectivity index (χ2n) is 6.43. The molecule has 0 spiro atoms. The lowest BCUT2D eigenvalue weighted by atomic mass is 10.1. The minimum absolute atomic E-state index is 0.117. The molecule has 0 fully saturated rings. The predicted molar refractivity (Wildman–Crippen MR) is 114 cm³/mol. The molecule has 0 atom stereocenters. The number of nitrogens with zero attached hydrogens (tertiary/aromatic N) is 2. The number of halogens is 1. The highest BCUT2D eigenvalue weighted by Crippen LogP contribution is 2.30. The van der Waals surface area contributed by atoms with Gasteiger partial charge in [0.2, 0.25) is 5.91 Å². The number of thiophene rings is 1. The monoisotopic (exact) mass is 409 g/mol. The molecule has 0 bridgehead atoms. The van der Waals surface area contributed by atoms with E-state index in [2.05, 4.69) is 10.3 Å². The van der Waals surface area contributed by atoms with Gasteiger partial charge in [0.15, 0.2) is 0 Å². The Hall–Kier alpha value is -2.96. The fourth-order valence-corrected chi connectivity index (χ4v) is 3.95. The van der Waals surface area contributed by atoms with Gasteiger partial charge in [-0.2, -0.15) is 0 Å². The molecule has 4 aromatic rings. The molecule has 5 nitrogen and oxygen atoms in total. The number of carbonyl (C=O) groups excluding carboxylic acids is 1. The van der Waals surface area contributed by atoms with E-state index in [1.54, 1.807) is 24.3 Å². The van der Waals surface area contributed by atoms with Gasteiger partial charge < -0.3 is 5.32 Å². The number of rotatable bonds is 4. The van der Waals surface area contributed by atoms with Crippen LogP contribution in [0.4, 0.5) is 5.69 Å². The van der Waals surface area contributed by atoms with E-state index in [1.807, 2.05) is 36.6 Å². The molecule has 4 rings (SSSR count). The number of anilines is 1. The van der Waals surface area contributed by atoms with Gasteiger partial charge in [0.1, 0.15) is 11.4 Å². The number of hydrogen-bond donors (Lipinski definition) is 1. The van der Waals surface area contributed by atoms with Gasteiger partial charge in [0.25, 0.3) is 5.56 Å². The number of nitrogens with one attached hydrogen (secondary N) is 1. The highest BCUT2D eigenvalue weighted by Gasteiger charge is 2.14. The van der Waals surface area contributed by atoms with Crippen LogP contribution in [-0.2, 0) is 11.3 Å². The van der Waals surface area contributed by atoms with E-state index in [-0.39, 0.29) is 18.0 Å². The topological polar surface area (TPSA) is 64.0 Å². The Balaban J connectivity index is 1.64. The van der Waals surface area contributed by atoms with Gasteiger partial charge in [-0.15, -0.1) is 11.3 Å². The van der Waals surface area contributed by atoms with Crippen molar-refractivity contribution < 1.29 is 4.79 Å². The van der Waals surface area contributed by atoms with Gasteiger partial charge in [-0.05, 0) is 36.8 Å². The number of benzene rings is 2. The minimum atomic E-state index is -0.308. The van der Waals surface area contributed by atoms with Crippen LogP contribution in [0.3, 0.4) is 0 Å². The molecule has 2 aromatic heterocycles. The van der Waals surface area contributed by atoms with E-state index < -0.39 is 0 Å². The zero-order chi connectivity index (χ0) is 19.7. The summed E-state index contributed by atoms with van der Waals surface area (Å²) in [5, 5.41) is 5.81. The molecule has 2 heterocycles. The van der Waals surface area contributed by atoms with E-state index in [4.69, 9.17) is 11.6 Å². The van der Waals surface area contributed by atoms with Gasteiger partial charge in [-0.3, -0.25) is 14.2 Å². The molecule has 0 aliphatic heterocycles. The summed E-state index contributed by atoms with van der Waals surface area (Å²) >= 11 is 7.27. The van der Waals surface area contributed by atoms with Crippen LogP contribution in [0.5, 0.6) is 0 Å².